The van der Waals surface area contributed by atoms with E-state index in [-0.39, 0.29) is 23.1 Å². The summed E-state index contributed by atoms with van der Waals surface area (Å²) >= 11 is 0. The van der Waals surface area contributed by atoms with E-state index in [9.17, 15) is 13.6 Å². The Balaban J connectivity index is 1.52. The Labute approximate surface area is 148 Å². The van der Waals surface area contributed by atoms with E-state index in [1.807, 2.05) is 24.3 Å². The van der Waals surface area contributed by atoms with E-state index in [0.717, 1.165) is 29.8 Å². The van der Waals surface area contributed by atoms with Crippen LogP contribution in [0.5, 0.6) is 0 Å². The summed E-state index contributed by atoms with van der Waals surface area (Å²) in [6.45, 7) is 0.598. The molecule has 5 nitrogen and oxygen atoms in total. The van der Waals surface area contributed by atoms with Crippen LogP contribution in [-0.4, -0.2) is 22.4 Å². The van der Waals surface area contributed by atoms with Gasteiger partial charge in [-0.15, -0.1) is 0 Å². The van der Waals surface area contributed by atoms with Gasteiger partial charge in [-0.25, -0.2) is 18.7 Å². The van der Waals surface area contributed by atoms with Crippen LogP contribution in [0.3, 0.4) is 0 Å². The molecule has 7 heteroatoms. The van der Waals surface area contributed by atoms with Crippen LogP contribution in [0.25, 0.3) is 0 Å². The molecule has 3 aromatic rings. The van der Waals surface area contributed by atoms with Crippen molar-refractivity contribution in [1.82, 2.24) is 9.97 Å². The van der Waals surface area contributed by atoms with E-state index >= 15 is 0 Å². The standard InChI is InChI=1S/C19H14F2N4O/c20-13-5-6-15(14(21)9-13)24-18-11-22-16(10-23-18)19(26)25-8-7-12-3-1-2-4-17(12)25/h1-6,9-11H,7-8H2,(H,23,24). The van der Waals surface area contributed by atoms with Gasteiger partial charge in [0.25, 0.3) is 5.91 Å². The largest absolute Gasteiger partial charge is 0.337 e. The van der Waals surface area contributed by atoms with Gasteiger partial charge in [0, 0.05) is 18.3 Å². The van der Waals surface area contributed by atoms with Crippen molar-refractivity contribution in [2.24, 2.45) is 0 Å². The third kappa shape index (κ3) is 2.99. The highest BCUT2D eigenvalue weighted by Crippen LogP contribution is 2.28. The summed E-state index contributed by atoms with van der Waals surface area (Å²) in [6, 6.07) is 10.9. The van der Waals surface area contributed by atoms with Gasteiger partial charge in [0.05, 0.1) is 18.1 Å². The van der Waals surface area contributed by atoms with Gasteiger partial charge >= 0.3 is 0 Å². The minimum Gasteiger partial charge on any atom is -0.337 e. The molecular weight excluding hydrogens is 338 g/mol. The van der Waals surface area contributed by atoms with Gasteiger partial charge in [-0.3, -0.25) is 4.79 Å². The molecular formula is C19H14F2N4O. The van der Waals surface area contributed by atoms with Crippen molar-refractivity contribution in [3.05, 3.63) is 77.8 Å². The van der Waals surface area contributed by atoms with Crippen LogP contribution in [0.4, 0.5) is 26.0 Å². The molecule has 2 heterocycles. The highest BCUT2D eigenvalue weighted by Gasteiger charge is 2.26. The number of fused-ring (bicyclic) bond motifs is 1. The molecule has 1 aromatic heterocycles. The summed E-state index contributed by atoms with van der Waals surface area (Å²) in [5, 5.41) is 2.71. The quantitative estimate of drug-likeness (QED) is 0.781. The number of anilines is 3. The zero-order chi connectivity index (χ0) is 18.1. The average molecular weight is 352 g/mol. The lowest BCUT2D eigenvalue weighted by molar-refractivity contribution is 0.0984. The van der Waals surface area contributed by atoms with Crippen LogP contribution in [0.2, 0.25) is 0 Å². The first kappa shape index (κ1) is 16.1. The Morgan fingerprint density at radius 2 is 1.92 bits per heavy atom. The second-order valence-electron chi connectivity index (χ2n) is 5.87. The van der Waals surface area contributed by atoms with E-state index in [4.69, 9.17) is 0 Å². The van der Waals surface area contributed by atoms with Gasteiger partial charge in [0.2, 0.25) is 0 Å². The number of hydrogen-bond acceptors (Lipinski definition) is 4. The van der Waals surface area contributed by atoms with Gasteiger partial charge in [-0.1, -0.05) is 18.2 Å². The fourth-order valence-corrected chi connectivity index (χ4v) is 2.92. The van der Waals surface area contributed by atoms with E-state index in [2.05, 4.69) is 15.3 Å². The molecule has 0 bridgehead atoms. The highest BCUT2D eigenvalue weighted by molar-refractivity contribution is 6.05. The fourth-order valence-electron chi connectivity index (χ4n) is 2.92. The van der Waals surface area contributed by atoms with Crippen molar-refractivity contribution in [2.75, 3.05) is 16.8 Å². The van der Waals surface area contributed by atoms with Crippen molar-refractivity contribution < 1.29 is 13.6 Å². The molecule has 2 aromatic carbocycles. The van der Waals surface area contributed by atoms with Crippen molar-refractivity contribution in [3.63, 3.8) is 0 Å². The maximum atomic E-state index is 13.7. The van der Waals surface area contributed by atoms with Crippen molar-refractivity contribution >= 4 is 23.1 Å². The first-order chi connectivity index (χ1) is 12.6. The van der Waals surface area contributed by atoms with Crippen molar-refractivity contribution in [2.45, 2.75) is 6.42 Å². The second-order valence-corrected chi connectivity index (χ2v) is 5.87. The minimum atomic E-state index is -0.736. The Hall–Kier alpha value is -3.35. The van der Waals surface area contributed by atoms with Gasteiger partial charge < -0.3 is 10.2 Å². The molecule has 1 aliphatic rings. The third-order valence-corrected chi connectivity index (χ3v) is 4.20. The Morgan fingerprint density at radius 3 is 2.69 bits per heavy atom. The number of benzene rings is 2. The number of carbonyl (C=O) groups excluding carboxylic acids is 1. The maximum absolute atomic E-state index is 13.7. The predicted molar refractivity (Wildman–Crippen MR) is 93.5 cm³/mol. The number of aromatic nitrogens is 2. The molecule has 130 valence electrons. The van der Waals surface area contributed by atoms with E-state index in [0.29, 0.717) is 6.54 Å². The predicted octanol–water partition coefficient (Wildman–Crippen LogP) is 3.70. The number of rotatable bonds is 3. The molecule has 0 aliphatic carbocycles. The lowest BCUT2D eigenvalue weighted by atomic mass is 10.2. The van der Waals surface area contributed by atoms with E-state index in [1.165, 1.54) is 18.5 Å². The number of nitrogens with one attached hydrogen (secondary N) is 1. The van der Waals surface area contributed by atoms with Gasteiger partial charge in [0.1, 0.15) is 23.1 Å². The Bertz CT molecular complexity index is 976. The molecule has 0 unspecified atom stereocenters. The average Bonchev–Trinajstić information content (AvgIpc) is 3.08. The summed E-state index contributed by atoms with van der Waals surface area (Å²) in [6.07, 6.45) is 3.49. The van der Waals surface area contributed by atoms with Crippen LogP contribution < -0.4 is 10.2 Å². The van der Waals surface area contributed by atoms with Crippen LogP contribution in [-0.2, 0) is 6.42 Å². The second kappa shape index (κ2) is 6.51. The lowest BCUT2D eigenvalue weighted by Crippen LogP contribution is -2.29. The SMILES string of the molecule is O=C(c1cnc(Nc2ccc(F)cc2F)cn1)N1CCc2ccccc21. The first-order valence-corrected chi connectivity index (χ1v) is 8.06. The number of amides is 1. The topological polar surface area (TPSA) is 58.1 Å². The number of nitrogens with zero attached hydrogens (tertiary/aromatic N) is 3. The molecule has 0 fully saturated rings. The van der Waals surface area contributed by atoms with Gasteiger partial charge in [-0.2, -0.15) is 0 Å². The molecule has 0 saturated carbocycles. The molecule has 0 radical (unpaired) electrons. The van der Waals surface area contributed by atoms with Crippen LogP contribution >= 0.6 is 0 Å². The van der Waals surface area contributed by atoms with E-state index in [1.54, 1.807) is 4.90 Å². The van der Waals surface area contributed by atoms with Gasteiger partial charge in [0.15, 0.2) is 0 Å². The molecule has 1 aliphatic heterocycles. The molecule has 0 spiro atoms. The summed E-state index contributed by atoms with van der Waals surface area (Å²) in [5.41, 5.74) is 2.29. The summed E-state index contributed by atoms with van der Waals surface area (Å²) < 4.78 is 26.6. The summed E-state index contributed by atoms with van der Waals surface area (Å²) in [5.74, 6) is -1.37. The highest BCUT2D eigenvalue weighted by atomic mass is 19.1. The lowest BCUT2D eigenvalue weighted by Gasteiger charge is -2.16. The number of carbonyl (C=O) groups is 1. The zero-order valence-electron chi connectivity index (χ0n) is 13.6. The van der Waals surface area contributed by atoms with Crippen LogP contribution in [0.1, 0.15) is 16.1 Å². The zero-order valence-corrected chi connectivity index (χ0v) is 13.6. The number of para-hydroxylation sites is 1. The van der Waals surface area contributed by atoms with Gasteiger partial charge in [-0.05, 0) is 30.2 Å². The smallest absolute Gasteiger partial charge is 0.278 e. The molecule has 1 amide bonds. The maximum Gasteiger partial charge on any atom is 0.278 e. The number of halogens is 2. The molecule has 4 rings (SSSR count). The monoisotopic (exact) mass is 352 g/mol. The molecule has 1 N–H and O–H groups in total. The normalized spacial score (nSPS) is 12.8. The Morgan fingerprint density at radius 1 is 1.08 bits per heavy atom. The third-order valence-electron chi connectivity index (χ3n) is 4.20. The van der Waals surface area contributed by atoms with E-state index < -0.39 is 11.6 Å². The van der Waals surface area contributed by atoms with Crippen LogP contribution in [0.15, 0.2) is 54.9 Å². The summed E-state index contributed by atoms with van der Waals surface area (Å²) in [7, 11) is 0. The Kier molecular flexibility index (Phi) is 4.04. The molecule has 0 atom stereocenters. The summed E-state index contributed by atoms with van der Waals surface area (Å²) in [4.78, 5) is 22.6. The molecule has 0 saturated heterocycles. The fraction of sp³-hybridized carbons (Fsp3) is 0.105. The van der Waals surface area contributed by atoms with Crippen molar-refractivity contribution in [3.8, 4) is 0 Å². The van der Waals surface area contributed by atoms with Crippen molar-refractivity contribution in [1.29, 1.82) is 0 Å². The minimum absolute atomic E-state index is 0.0771. The molecule has 26 heavy (non-hydrogen) atoms. The van der Waals surface area contributed by atoms with Crippen LogP contribution in [0, 0.1) is 11.6 Å². The first-order valence-electron chi connectivity index (χ1n) is 8.06. The number of hydrogen-bond donors (Lipinski definition) is 1.